The Hall–Kier alpha value is -0.570. The van der Waals surface area contributed by atoms with E-state index in [2.05, 4.69) is 13.8 Å². The van der Waals surface area contributed by atoms with E-state index < -0.39 is 0 Å². The van der Waals surface area contributed by atoms with Gasteiger partial charge in [-0.3, -0.25) is 4.79 Å². The molecule has 0 N–H and O–H groups in total. The molecule has 3 nitrogen and oxygen atoms in total. The highest BCUT2D eigenvalue weighted by Gasteiger charge is 2.33. The molecule has 0 aliphatic carbocycles. The van der Waals surface area contributed by atoms with Gasteiger partial charge in [-0.2, -0.15) is 0 Å². The van der Waals surface area contributed by atoms with Crippen LogP contribution in [0.25, 0.3) is 0 Å². The van der Waals surface area contributed by atoms with Crippen LogP contribution in [0, 0.1) is 11.8 Å². The molecule has 3 atom stereocenters. The fraction of sp³-hybridized carbons (Fsp3) is 0.917. The van der Waals surface area contributed by atoms with Crippen LogP contribution in [0.1, 0.15) is 40.0 Å². The van der Waals surface area contributed by atoms with Crippen LogP contribution in [0.4, 0.5) is 0 Å². The van der Waals surface area contributed by atoms with Crippen LogP contribution in [-0.2, 0) is 14.3 Å². The maximum atomic E-state index is 11.0. The predicted octanol–water partition coefficient (Wildman–Crippen LogP) is 2.39. The van der Waals surface area contributed by atoms with Gasteiger partial charge in [0.05, 0.1) is 13.2 Å². The molecule has 0 spiro atoms. The van der Waals surface area contributed by atoms with Crippen molar-refractivity contribution in [3.63, 3.8) is 0 Å². The van der Waals surface area contributed by atoms with Crippen molar-refractivity contribution in [1.29, 1.82) is 0 Å². The van der Waals surface area contributed by atoms with Crippen LogP contribution in [0.2, 0.25) is 0 Å². The van der Waals surface area contributed by atoms with Gasteiger partial charge in [-0.25, -0.2) is 0 Å². The zero-order valence-electron chi connectivity index (χ0n) is 9.99. The Morgan fingerprint density at radius 3 is 2.80 bits per heavy atom. The van der Waals surface area contributed by atoms with E-state index in [1.807, 2.05) is 0 Å². The smallest absolute Gasteiger partial charge is 0.302 e. The van der Waals surface area contributed by atoms with Gasteiger partial charge >= 0.3 is 5.97 Å². The average molecular weight is 214 g/mol. The first-order chi connectivity index (χ1) is 7.15. The molecule has 1 rings (SSSR count). The van der Waals surface area contributed by atoms with Crippen LogP contribution in [-0.4, -0.2) is 25.3 Å². The quantitative estimate of drug-likeness (QED) is 0.674. The molecule has 1 aliphatic rings. The number of rotatable bonds is 4. The van der Waals surface area contributed by atoms with Crippen molar-refractivity contribution >= 4 is 5.97 Å². The molecule has 1 aliphatic heterocycles. The first kappa shape index (κ1) is 12.5. The van der Waals surface area contributed by atoms with Gasteiger partial charge in [0.1, 0.15) is 6.10 Å². The van der Waals surface area contributed by atoms with Gasteiger partial charge in [-0.05, 0) is 6.42 Å². The summed E-state index contributed by atoms with van der Waals surface area (Å²) in [5.41, 5.74) is 0. The van der Waals surface area contributed by atoms with E-state index >= 15 is 0 Å². The highest BCUT2D eigenvalue weighted by molar-refractivity contribution is 5.66. The molecular weight excluding hydrogens is 192 g/mol. The summed E-state index contributed by atoms with van der Waals surface area (Å²) in [5, 5.41) is 0. The van der Waals surface area contributed by atoms with Crippen LogP contribution in [0.15, 0.2) is 0 Å². The number of carbonyl (C=O) groups excluding carboxylic acids is 1. The monoisotopic (exact) mass is 214 g/mol. The molecule has 1 fully saturated rings. The first-order valence-corrected chi connectivity index (χ1v) is 5.90. The Morgan fingerprint density at radius 1 is 1.47 bits per heavy atom. The zero-order chi connectivity index (χ0) is 11.3. The van der Waals surface area contributed by atoms with Gasteiger partial charge in [0.2, 0.25) is 0 Å². The third kappa shape index (κ3) is 3.82. The summed E-state index contributed by atoms with van der Waals surface area (Å²) in [4.78, 5) is 11.0. The first-order valence-electron chi connectivity index (χ1n) is 5.90. The highest BCUT2D eigenvalue weighted by atomic mass is 16.6. The molecule has 0 aromatic carbocycles. The highest BCUT2D eigenvalue weighted by Crippen LogP contribution is 2.27. The molecule has 0 aromatic heterocycles. The van der Waals surface area contributed by atoms with Crippen molar-refractivity contribution in [2.75, 3.05) is 13.2 Å². The van der Waals surface area contributed by atoms with Gasteiger partial charge in [-0.15, -0.1) is 0 Å². The number of esters is 1. The number of unbranched alkanes of at least 4 members (excludes halogenated alkanes) is 1. The Kier molecular flexibility index (Phi) is 5.09. The Balaban J connectivity index is 2.51. The van der Waals surface area contributed by atoms with Crippen LogP contribution < -0.4 is 0 Å². The lowest BCUT2D eigenvalue weighted by atomic mass is 9.87. The molecule has 0 saturated carbocycles. The molecule has 88 valence electrons. The molecule has 1 heterocycles. The Morgan fingerprint density at radius 2 is 2.20 bits per heavy atom. The molecule has 0 aromatic rings. The summed E-state index contributed by atoms with van der Waals surface area (Å²) in [6, 6.07) is 0. The largest absolute Gasteiger partial charge is 0.462 e. The number of hydrogen-bond acceptors (Lipinski definition) is 3. The van der Waals surface area contributed by atoms with Crippen molar-refractivity contribution < 1.29 is 14.3 Å². The van der Waals surface area contributed by atoms with E-state index in [4.69, 9.17) is 9.47 Å². The molecule has 0 unspecified atom stereocenters. The average Bonchev–Trinajstić information content (AvgIpc) is 2.18. The zero-order valence-corrected chi connectivity index (χ0v) is 9.99. The molecular formula is C12H22O3. The van der Waals surface area contributed by atoms with E-state index in [1.165, 1.54) is 19.8 Å². The normalized spacial score (nSPS) is 31.3. The summed E-state index contributed by atoms with van der Waals surface area (Å²) in [6.45, 7) is 7.20. The lowest BCUT2D eigenvalue weighted by molar-refractivity contribution is -0.162. The third-order valence-electron chi connectivity index (χ3n) is 2.97. The summed E-state index contributed by atoms with van der Waals surface area (Å²) in [6.07, 6.45) is 3.51. The summed E-state index contributed by atoms with van der Waals surface area (Å²) >= 11 is 0. The maximum Gasteiger partial charge on any atom is 0.302 e. The van der Waals surface area contributed by atoms with Crippen LogP contribution in [0.5, 0.6) is 0 Å². The van der Waals surface area contributed by atoms with Gasteiger partial charge in [0, 0.05) is 18.8 Å². The minimum Gasteiger partial charge on any atom is -0.462 e. The van der Waals surface area contributed by atoms with Crippen molar-refractivity contribution in [2.45, 2.75) is 46.1 Å². The molecule has 15 heavy (non-hydrogen) atoms. The second-order valence-corrected chi connectivity index (χ2v) is 4.49. The van der Waals surface area contributed by atoms with Crippen LogP contribution >= 0.6 is 0 Å². The second-order valence-electron chi connectivity index (χ2n) is 4.49. The summed E-state index contributed by atoms with van der Waals surface area (Å²) in [7, 11) is 0. The SMILES string of the molecule is CCCC[C@H]1COC[C@H](C)[C@@H]1OC(C)=O. The summed E-state index contributed by atoms with van der Waals surface area (Å²) in [5.74, 6) is 0.539. The second kappa shape index (κ2) is 6.11. The van der Waals surface area contributed by atoms with Crippen LogP contribution in [0.3, 0.4) is 0 Å². The topological polar surface area (TPSA) is 35.5 Å². The lowest BCUT2D eigenvalue weighted by Crippen LogP contribution is -2.41. The lowest BCUT2D eigenvalue weighted by Gasteiger charge is -2.35. The molecule has 0 bridgehead atoms. The maximum absolute atomic E-state index is 11.0. The van der Waals surface area contributed by atoms with Gasteiger partial charge in [0.25, 0.3) is 0 Å². The fourth-order valence-corrected chi connectivity index (χ4v) is 2.18. The van der Waals surface area contributed by atoms with Crippen molar-refractivity contribution in [3.05, 3.63) is 0 Å². The van der Waals surface area contributed by atoms with E-state index in [0.29, 0.717) is 18.4 Å². The van der Waals surface area contributed by atoms with Gasteiger partial charge in [0.15, 0.2) is 0 Å². The van der Waals surface area contributed by atoms with E-state index in [9.17, 15) is 4.79 Å². The van der Waals surface area contributed by atoms with E-state index in [1.54, 1.807) is 0 Å². The molecule has 0 radical (unpaired) electrons. The molecule has 0 amide bonds. The fourth-order valence-electron chi connectivity index (χ4n) is 2.18. The Bertz CT molecular complexity index is 203. The van der Waals surface area contributed by atoms with E-state index in [0.717, 1.165) is 13.0 Å². The number of carbonyl (C=O) groups is 1. The van der Waals surface area contributed by atoms with Crippen molar-refractivity contribution in [1.82, 2.24) is 0 Å². The van der Waals surface area contributed by atoms with Gasteiger partial charge in [-0.1, -0.05) is 26.7 Å². The van der Waals surface area contributed by atoms with Gasteiger partial charge < -0.3 is 9.47 Å². The van der Waals surface area contributed by atoms with E-state index in [-0.39, 0.29) is 12.1 Å². The van der Waals surface area contributed by atoms with Crippen molar-refractivity contribution in [2.24, 2.45) is 11.8 Å². The Labute approximate surface area is 92.1 Å². The standard InChI is InChI=1S/C12H22O3/c1-4-5-6-11-8-14-7-9(2)12(11)15-10(3)13/h9,11-12H,4-8H2,1-3H3/t9-,11-,12-/m0/s1. The predicted molar refractivity (Wildman–Crippen MR) is 58.6 cm³/mol. The molecule has 3 heteroatoms. The molecule has 1 saturated heterocycles. The minimum atomic E-state index is -0.171. The number of ether oxygens (including phenoxy) is 2. The third-order valence-corrected chi connectivity index (χ3v) is 2.97. The number of hydrogen-bond donors (Lipinski definition) is 0. The minimum absolute atomic E-state index is 0.0581. The van der Waals surface area contributed by atoms with Crippen molar-refractivity contribution in [3.8, 4) is 0 Å². The summed E-state index contributed by atoms with van der Waals surface area (Å²) < 4.78 is 10.9.